The first-order valence-corrected chi connectivity index (χ1v) is 11.4. The van der Waals surface area contributed by atoms with E-state index in [9.17, 15) is 9.90 Å². The minimum Gasteiger partial charge on any atom is -0.496 e. The van der Waals surface area contributed by atoms with Crippen molar-refractivity contribution in [3.05, 3.63) is 47.5 Å². The van der Waals surface area contributed by atoms with Gasteiger partial charge < -0.3 is 24.0 Å². The van der Waals surface area contributed by atoms with E-state index in [4.69, 9.17) is 18.9 Å². The Kier molecular flexibility index (Phi) is 6.99. The molecule has 1 saturated heterocycles. The van der Waals surface area contributed by atoms with Gasteiger partial charge in [0.25, 0.3) is 0 Å². The maximum absolute atomic E-state index is 12.1. The van der Waals surface area contributed by atoms with Gasteiger partial charge in [-0.15, -0.1) is 8.46 Å². The molecule has 1 N–H and O–H groups in total. The molecule has 1 heterocycles. The molecule has 0 aromatic heterocycles. The maximum Gasteiger partial charge on any atom is 0.353 e. The van der Waals surface area contributed by atoms with E-state index in [0.717, 1.165) is 11.0 Å². The summed E-state index contributed by atoms with van der Waals surface area (Å²) >= 11 is 0. The quantitative estimate of drug-likeness (QED) is 0.394. The van der Waals surface area contributed by atoms with Crippen molar-refractivity contribution in [2.75, 3.05) is 13.7 Å². The Bertz CT molecular complexity index is 943. The fraction of sp³-hybridized carbons (Fsp3) is 0.435. The number of hydrogen-bond donors (Lipinski definition) is 1. The molecule has 2 aromatic carbocycles. The van der Waals surface area contributed by atoms with Gasteiger partial charge in [0.05, 0.1) is 25.9 Å². The molecule has 31 heavy (non-hydrogen) atoms. The van der Waals surface area contributed by atoms with E-state index in [2.05, 4.69) is 27.7 Å². The zero-order valence-electron chi connectivity index (χ0n) is 18.9. The smallest absolute Gasteiger partial charge is 0.353 e. The van der Waals surface area contributed by atoms with Crippen LogP contribution in [0.4, 0.5) is 0 Å². The fourth-order valence-corrected chi connectivity index (χ4v) is 5.25. The van der Waals surface area contributed by atoms with Crippen LogP contribution in [0.15, 0.2) is 36.4 Å². The molecule has 3 rings (SSSR count). The van der Waals surface area contributed by atoms with Gasteiger partial charge in [-0.2, -0.15) is 0 Å². The Morgan fingerprint density at radius 2 is 1.81 bits per heavy atom. The Balaban J connectivity index is 1.83. The molecule has 1 unspecified atom stereocenters. The molecule has 6 nitrogen and oxygen atoms in total. The summed E-state index contributed by atoms with van der Waals surface area (Å²) in [6.07, 6.45) is 0. The second-order valence-corrected chi connectivity index (χ2v) is 10.5. The number of carbonyl (C=O) groups is 1. The van der Waals surface area contributed by atoms with Gasteiger partial charge in [0.1, 0.15) is 22.8 Å². The van der Waals surface area contributed by atoms with E-state index in [1.165, 1.54) is 7.11 Å². The molecular formula is C23H30BO6P. The highest BCUT2D eigenvalue weighted by Gasteiger charge is 2.50. The number of rotatable bonds is 7. The van der Waals surface area contributed by atoms with Gasteiger partial charge in [-0.1, -0.05) is 19.9 Å². The monoisotopic (exact) mass is 444 g/mol. The SMILES string of the molecule is CCOC(=O)c1ccc(Oc2ccc(B3OC(C)(C)C(C)(C)P3)c(CO)c2)cc1OC. The van der Waals surface area contributed by atoms with Gasteiger partial charge >= 0.3 is 12.6 Å². The summed E-state index contributed by atoms with van der Waals surface area (Å²) in [5.41, 5.74) is 1.86. The van der Waals surface area contributed by atoms with E-state index >= 15 is 0 Å². The largest absolute Gasteiger partial charge is 0.496 e. The summed E-state index contributed by atoms with van der Waals surface area (Å²) < 4.78 is 22.7. The first-order valence-electron chi connectivity index (χ1n) is 10.3. The fourth-order valence-electron chi connectivity index (χ4n) is 3.40. The average Bonchev–Trinajstić information content (AvgIpc) is 2.94. The lowest BCUT2D eigenvalue weighted by molar-refractivity contribution is 0.0522. The summed E-state index contributed by atoms with van der Waals surface area (Å²) in [6.45, 7) is 10.5. The maximum atomic E-state index is 12.1. The lowest BCUT2D eigenvalue weighted by Crippen LogP contribution is -2.40. The summed E-state index contributed by atoms with van der Waals surface area (Å²) in [4.78, 5) is 12.1. The lowest BCUT2D eigenvalue weighted by atomic mass is 9.80. The number of hydrogen-bond acceptors (Lipinski definition) is 6. The number of methoxy groups -OCH3 is 1. The van der Waals surface area contributed by atoms with Crippen molar-refractivity contribution in [3.63, 3.8) is 0 Å². The first-order chi connectivity index (χ1) is 14.6. The van der Waals surface area contributed by atoms with Crippen LogP contribution in [0.25, 0.3) is 0 Å². The molecule has 0 aliphatic carbocycles. The van der Waals surface area contributed by atoms with Crippen molar-refractivity contribution < 1.29 is 28.8 Å². The minimum absolute atomic E-state index is 0.0508. The molecule has 0 spiro atoms. The van der Waals surface area contributed by atoms with Crippen molar-refractivity contribution in [2.24, 2.45) is 0 Å². The van der Waals surface area contributed by atoms with E-state index in [0.29, 0.717) is 31.3 Å². The summed E-state index contributed by atoms with van der Waals surface area (Å²) in [7, 11) is 2.08. The molecule has 1 atom stereocenters. The molecule has 166 valence electrons. The molecule has 0 saturated carbocycles. The zero-order chi connectivity index (χ0) is 22.8. The minimum atomic E-state index is -0.443. The highest BCUT2D eigenvalue weighted by molar-refractivity contribution is 7.79. The van der Waals surface area contributed by atoms with Gasteiger partial charge in [-0.25, -0.2) is 4.79 Å². The zero-order valence-corrected chi connectivity index (χ0v) is 19.9. The number of aliphatic hydroxyl groups is 1. The Labute approximate surface area is 186 Å². The summed E-state index contributed by atoms with van der Waals surface area (Å²) in [5, 5.41) is 10.0. The van der Waals surface area contributed by atoms with Crippen molar-refractivity contribution in [1.82, 2.24) is 0 Å². The number of aliphatic hydroxyl groups excluding tert-OH is 1. The van der Waals surface area contributed by atoms with Crippen LogP contribution in [0.5, 0.6) is 17.2 Å². The van der Waals surface area contributed by atoms with Crippen molar-refractivity contribution >= 4 is 26.5 Å². The van der Waals surface area contributed by atoms with Gasteiger partial charge in [0, 0.05) is 11.2 Å². The normalized spacial score (nSPS) is 17.6. The molecule has 8 heteroatoms. The van der Waals surface area contributed by atoms with E-state index in [1.54, 1.807) is 25.1 Å². The predicted molar refractivity (Wildman–Crippen MR) is 124 cm³/mol. The van der Waals surface area contributed by atoms with Crippen LogP contribution < -0.4 is 14.9 Å². The average molecular weight is 444 g/mol. The molecule has 1 aliphatic heterocycles. The third-order valence-corrected chi connectivity index (χ3v) is 7.90. The number of carbonyl (C=O) groups excluding carboxylic acids is 1. The third-order valence-electron chi connectivity index (χ3n) is 5.88. The summed E-state index contributed by atoms with van der Waals surface area (Å²) in [6, 6.07) is 10.6. The highest BCUT2D eigenvalue weighted by Crippen LogP contribution is 2.51. The van der Waals surface area contributed by atoms with Gasteiger partial charge in [0.15, 0.2) is 0 Å². The molecule has 1 aliphatic rings. The number of ether oxygens (including phenoxy) is 3. The summed E-state index contributed by atoms with van der Waals surface area (Å²) in [5.74, 6) is 1.03. The third kappa shape index (κ3) is 4.89. The van der Waals surface area contributed by atoms with Crippen LogP contribution in [0, 0.1) is 0 Å². The lowest BCUT2D eigenvalue weighted by Gasteiger charge is -2.33. The predicted octanol–water partition coefficient (Wildman–Crippen LogP) is 4.12. The Morgan fingerprint density at radius 1 is 1.13 bits per heavy atom. The van der Waals surface area contributed by atoms with Crippen LogP contribution in [-0.4, -0.2) is 42.2 Å². The van der Waals surface area contributed by atoms with E-state index in [1.807, 2.05) is 18.2 Å². The Hall–Kier alpha value is -2.08. The number of esters is 1. The second-order valence-electron chi connectivity index (χ2n) is 8.48. The standard InChI is InChI=1S/C23H30BO6P/c1-7-28-21(26)18-10-8-17(13-20(18)27-6)29-16-9-11-19(15(12-16)14-25)24-30-22(2,3)23(4,5)31-24/h8-13,25,31H,7,14H2,1-6H3. The molecule has 0 amide bonds. The molecule has 2 aromatic rings. The molecule has 1 fully saturated rings. The van der Waals surface area contributed by atoms with Crippen LogP contribution in [-0.2, 0) is 16.0 Å². The van der Waals surface area contributed by atoms with E-state index < -0.39 is 5.97 Å². The topological polar surface area (TPSA) is 74.2 Å². The first kappa shape index (κ1) is 23.6. The second kappa shape index (κ2) is 9.19. The highest BCUT2D eigenvalue weighted by atomic mass is 31.1. The molecule has 0 bridgehead atoms. The van der Waals surface area contributed by atoms with Gasteiger partial charge in [0.2, 0.25) is 0 Å². The van der Waals surface area contributed by atoms with Gasteiger partial charge in [-0.3, -0.25) is 0 Å². The van der Waals surface area contributed by atoms with Crippen LogP contribution in [0.3, 0.4) is 0 Å². The van der Waals surface area contributed by atoms with Crippen LogP contribution in [0.2, 0.25) is 0 Å². The van der Waals surface area contributed by atoms with Crippen molar-refractivity contribution in [3.8, 4) is 17.2 Å². The Morgan fingerprint density at radius 3 is 2.39 bits per heavy atom. The number of benzene rings is 2. The van der Waals surface area contributed by atoms with Crippen molar-refractivity contribution in [1.29, 1.82) is 0 Å². The van der Waals surface area contributed by atoms with Gasteiger partial charge in [-0.05, 0) is 56.1 Å². The van der Waals surface area contributed by atoms with Crippen LogP contribution in [0.1, 0.15) is 50.5 Å². The molecule has 0 radical (unpaired) electrons. The molecular weight excluding hydrogens is 414 g/mol. The van der Waals surface area contributed by atoms with E-state index in [-0.39, 0.29) is 30.6 Å². The van der Waals surface area contributed by atoms with Crippen molar-refractivity contribution in [2.45, 2.75) is 52.0 Å². The van der Waals surface area contributed by atoms with Crippen LogP contribution >= 0.6 is 8.46 Å².